The summed E-state index contributed by atoms with van der Waals surface area (Å²) in [4.78, 5) is 14.1. The molecule has 1 saturated heterocycles. The number of para-hydroxylation sites is 1. The number of halogens is 1. The van der Waals surface area contributed by atoms with Gasteiger partial charge in [-0.15, -0.1) is 0 Å². The number of hydrogen-bond acceptors (Lipinski definition) is 3. The van der Waals surface area contributed by atoms with Crippen LogP contribution in [0.5, 0.6) is 5.75 Å². The summed E-state index contributed by atoms with van der Waals surface area (Å²) in [6, 6.07) is 5.29. The Balaban J connectivity index is 1.75. The number of amides is 2. The Hall–Kier alpha value is -1.46. The van der Waals surface area contributed by atoms with Crippen molar-refractivity contribution in [3.63, 3.8) is 0 Å². The van der Waals surface area contributed by atoms with E-state index in [0.717, 1.165) is 24.8 Å². The molecule has 2 aliphatic heterocycles. The lowest BCUT2D eigenvalue weighted by Crippen LogP contribution is -2.46. The van der Waals surface area contributed by atoms with Crippen molar-refractivity contribution in [3.05, 3.63) is 28.8 Å². The van der Waals surface area contributed by atoms with E-state index >= 15 is 0 Å². The minimum absolute atomic E-state index is 0.0175. The average molecular weight is 311 g/mol. The Morgan fingerprint density at radius 1 is 1.48 bits per heavy atom. The number of likely N-dealkylation sites (tertiary alicyclic amines) is 1. The molecule has 2 unspecified atom stereocenters. The number of carbonyl (C=O) groups excluding carboxylic acids is 1. The number of nitrogens with zero attached hydrogens (tertiary/aromatic N) is 1. The molecule has 3 rings (SSSR count). The van der Waals surface area contributed by atoms with E-state index in [0.29, 0.717) is 23.9 Å². The summed E-state index contributed by atoms with van der Waals surface area (Å²) in [7, 11) is 0. The maximum atomic E-state index is 12.4. The molecule has 0 saturated carbocycles. The van der Waals surface area contributed by atoms with Crippen LogP contribution in [0.2, 0.25) is 5.02 Å². The van der Waals surface area contributed by atoms with Crippen LogP contribution < -0.4 is 10.1 Å². The third kappa shape index (κ3) is 2.80. The third-order valence-electron chi connectivity index (χ3n) is 4.17. The van der Waals surface area contributed by atoms with E-state index in [1.165, 1.54) is 0 Å². The highest BCUT2D eigenvalue weighted by molar-refractivity contribution is 6.32. The lowest BCUT2D eigenvalue weighted by molar-refractivity contribution is 0.151. The molecule has 1 fully saturated rings. The Kier molecular flexibility index (Phi) is 4.22. The Bertz CT molecular complexity index is 538. The number of fused-ring (bicyclic) bond motifs is 1. The van der Waals surface area contributed by atoms with E-state index in [2.05, 4.69) is 5.32 Å². The molecule has 0 radical (unpaired) electrons. The molecule has 0 spiro atoms. The van der Waals surface area contributed by atoms with Crippen LogP contribution in [0.25, 0.3) is 0 Å². The molecule has 2 aliphatic rings. The first-order valence-electron chi connectivity index (χ1n) is 7.30. The molecule has 1 aromatic rings. The summed E-state index contributed by atoms with van der Waals surface area (Å²) in [6.45, 7) is 1.25. The predicted molar refractivity (Wildman–Crippen MR) is 79.7 cm³/mol. The maximum Gasteiger partial charge on any atom is 0.318 e. The second kappa shape index (κ2) is 6.12. The molecule has 114 valence electrons. The van der Waals surface area contributed by atoms with Gasteiger partial charge in [0.25, 0.3) is 0 Å². The van der Waals surface area contributed by atoms with Crippen LogP contribution in [0.3, 0.4) is 0 Å². The highest BCUT2D eigenvalue weighted by atomic mass is 35.5. The molecule has 2 atom stereocenters. The summed E-state index contributed by atoms with van der Waals surface area (Å²) < 4.78 is 5.60. The molecule has 2 amide bonds. The molecule has 2 N–H and O–H groups in total. The zero-order valence-electron chi connectivity index (χ0n) is 11.7. The molecule has 6 heteroatoms. The average Bonchev–Trinajstić information content (AvgIpc) is 2.97. The van der Waals surface area contributed by atoms with Crippen molar-refractivity contribution in [2.24, 2.45) is 0 Å². The first-order chi connectivity index (χ1) is 10.2. The number of benzene rings is 1. The van der Waals surface area contributed by atoms with Gasteiger partial charge < -0.3 is 20.1 Å². The van der Waals surface area contributed by atoms with E-state index in [4.69, 9.17) is 16.3 Å². The summed E-state index contributed by atoms with van der Waals surface area (Å²) >= 11 is 6.14. The number of carbonyl (C=O) groups is 1. The van der Waals surface area contributed by atoms with E-state index in [1.807, 2.05) is 12.1 Å². The summed E-state index contributed by atoms with van der Waals surface area (Å²) in [6.07, 6.45) is 2.52. The highest BCUT2D eigenvalue weighted by Gasteiger charge is 2.31. The Morgan fingerprint density at radius 3 is 3.14 bits per heavy atom. The molecule has 0 aliphatic carbocycles. The third-order valence-corrected chi connectivity index (χ3v) is 4.47. The summed E-state index contributed by atoms with van der Waals surface area (Å²) in [5, 5.41) is 12.9. The fourth-order valence-electron chi connectivity index (χ4n) is 3.06. The second-order valence-corrected chi connectivity index (χ2v) is 5.88. The van der Waals surface area contributed by atoms with E-state index in [-0.39, 0.29) is 24.7 Å². The van der Waals surface area contributed by atoms with Crippen molar-refractivity contribution < 1.29 is 14.6 Å². The van der Waals surface area contributed by atoms with Gasteiger partial charge in [0.2, 0.25) is 0 Å². The monoisotopic (exact) mass is 310 g/mol. The standard InChI is InChI=1S/C15H19ClN2O3/c16-12-5-1-4-11-13(6-8-21-14(11)12)17-15(20)18-7-2-3-10(18)9-19/h1,4-5,10,13,19H,2-3,6-9H2,(H,17,20). The number of hydrogen-bond donors (Lipinski definition) is 2. The Morgan fingerprint density at radius 2 is 2.33 bits per heavy atom. The quantitative estimate of drug-likeness (QED) is 0.881. The molecule has 5 nitrogen and oxygen atoms in total. The predicted octanol–water partition coefficient (Wildman–Crippen LogP) is 2.33. The van der Waals surface area contributed by atoms with Gasteiger partial charge in [-0.2, -0.15) is 0 Å². The smallest absolute Gasteiger partial charge is 0.318 e. The van der Waals surface area contributed by atoms with Gasteiger partial charge in [0.1, 0.15) is 5.75 Å². The van der Waals surface area contributed by atoms with Crippen molar-refractivity contribution in [2.45, 2.75) is 31.3 Å². The zero-order chi connectivity index (χ0) is 14.8. The number of aliphatic hydroxyl groups excluding tert-OH is 1. The van der Waals surface area contributed by atoms with Crippen LogP contribution in [0.4, 0.5) is 4.79 Å². The number of urea groups is 1. The Labute approximate surface area is 128 Å². The van der Waals surface area contributed by atoms with Crippen LogP contribution >= 0.6 is 11.6 Å². The van der Waals surface area contributed by atoms with E-state index < -0.39 is 0 Å². The first-order valence-corrected chi connectivity index (χ1v) is 7.67. The highest BCUT2D eigenvalue weighted by Crippen LogP contribution is 2.37. The maximum absolute atomic E-state index is 12.4. The zero-order valence-corrected chi connectivity index (χ0v) is 12.5. The van der Waals surface area contributed by atoms with Gasteiger partial charge in [-0.25, -0.2) is 4.79 Å². The van der Waals surface area contributed by atoms with Crippen LogP contribution in [0, 0.1) is 0 Å². The summed E-state index contributed by atoms with van der Waals surface area (Å²) in [5.74, 6) is 0.663. The molecule has 1 aromatic carbocycles. The second-order valence-electron chi connectivity index (χ2n) is 5.47. The molecule has 21 heavy (non-hydrogen) atoms. The SMILES string of the molecule is O=C(NC1CCOc2c(Cl)cccc21)N1CCCC1CO. The largest absolute Gasteiger partial charge is 0.492 e. The number of aliphatic hydroxyl groups is 1. The van der Waals surface area contributed by atoms with Crippen molar-refractivity contribution in [3.8, 4) is 5.75 Å². The van der Waals surface area contributed by atoms with Gasteiger partial charge in [0.15, 0.2) is 0 Å². The lowest BCUT2D eigenvalue weighted by Gasteiger charge is -2.30. The minimum Gasteiger partial charge on any atom is -0.492 e. The summed E-state index contributed by atoms with van der Waals surface area (Å²) in [5.41, 5.74) is 0.918. The van der Waals surface area contributed by atoms with Crippen LogP contribution in [0.1, 0.15) is 30.9 Å². The molecular weight excluding hydrogens is 292 g/mol. The molecule has 0 aromatic heterocycles. The van der Waals surface area contributed by atoms with Gasteiger partial charge in [-0.1, -0.05) is 23.7 Å². The minimum atomic E-state index is -0.121. The van der Waals surface area contributed by atoms with Crippen LogP contribution in [-0.4, -0.2) is 41.8 Å². The van der Waals surface area contributed by atoms with Crippen molar-refractivity contribution >= 4 is 17.6 Å². The van der Waals surface area contributed by atoms with Gasteiger partial charge in [-0.05, 0) is 18.9 Å². The number of ether oxygens (including phenoxy) is 1. The van der Waals surface area contributed by atoms with Crippen molar-refractivity contribution in [2.75, 3.05) is 19.8 Å². The first kappa shape index (κ1) is 14.5. The number of rotatable bonds is 2. The fourth-order valence-corrected chi connectivity index (χ4v) is 3.30. The van der Waals surface area contributed by atoms with Crippen LogP contribution in [0.15, 0.2) is 18.2 Å². The van der Waals surface area contributed by atoms with Crippen molar-refractivity contribution in [1.29, 1.82) is 0 Å². The number of nitrogens with one attached hydrogen (secondary N) is 1. The topological polar surface area (TPSA) is 61.8 Å². The van der Waals surface area contributed by atoms with Crippen LogP contribution in [-0.2, 0) is 0 Å². The lowest BCUT2D eigenvalue weighted by atomic mass is 10.0. The van der Waals surface area contributed by atoms with Gasteiger partial charge >= 0.3 is 6.03 Å². The molecule has 0 bridgehead atoms. The molecular formula is C15H19ClN2O3. The fraction of sp³-hybridized carbons (Fsp3) is 0.533. The van der Waals surface area contributed by atoms with Gasteiger partial charge in [-0.3, -0.25) is 0 Å². The van der Waals surface area contributed by atoms with E-state index in [1.54, 1.807) is 11.0 Å². The molecule has 2 heterocycles. The van der Waals surface area contributed by atoms with E-state index in [9.17, 15) is 9.90 Å². The van der Waals surface area contributed by atoms with Crippen molar-refractivity contribution in [1.82, 2.24) is 10.2 Å². The normalized spacial score (nSPS) is 24.4. The van der Waals surface area contributed by atoms with Gasteiger partial charge in [0, 0.05) is 18.5 Å². The van der Waals surface area contributed by atoms with Gasteiger partial charge in [0.05, 0.1) is 30.3 Å².